The highest BCUT2D eigenvalue weighted by Crippen LogP contribution is 2.13. The van der Waals surface area contributed by atoms with Crippen LogP contribution in [0.4, 0.5) is 0 Å². The number of aliphatic carboxylic acids is 1. The van der Waals surface area contributed by atoms with Crippen molar-refractivity contribution in [2.75, 3.05) is 6.61 Å². The van der Waals surface area contributed by atoms with Crippen LogP contribution in [0.2, 0.25) is 0 Å². The van der Waals surface area contributed by atoms with Crippen molar-refractivity contribution in [1.82, 2.24) is 0 Å². The van der Waals surface area contributed by atoms with Crippen LogP contribution >= 0.6 is 0 Å². The Morgan fingerprint density at radius 1 is 0.769 bits per heavy atom. The van der Waals surface area contributed by atoms with E-state index >= 15 is 0 Å². The number of hydrogen-bond donors (Lipinski definition) is 1. The average Bonchev–Trinajstić information content (AvgIpc) is 2.57. The molecule has 4 nitrogen and oxygen atoms in total. The fraction of sp³-hybridized carbons (Fsp3) is 0.909. The SMILES string of the molecule is CC(C)CCCCCC(C)C(=O)O.CCC(=O)OCCCCCC(C)C. The molecule has 0 aliphatic rings. The highest BCUT2D eigenvalue weighted by molar-refractivity contribution is 5.69. The molecule has 0 bridgehead atoms. The normalized spacial score (nSPS) is 11.8. The number of rotatable bonds is 14. The minimum Gasteiger partial charge on any atom is -0.481 e. The maximum absolute atomic E-state index is 10.7. The summed E-state index contributed by atoms with van der Waals surface area (Å²) in [5, 5.41) is 8.63. The summed E-state index contributed by atoms with van der Waals surface area (Å²) in [5.41, 5.74) is 0. The number of carboxylic acid groups (broad SMARTS) is 1. The van der Waals surface area contributed by atoms with Crippen molar-refractivity contribution in [3.8, 4) is 0 Å². The fourth-order valence-electron chi connectivity index (χ4n) is 2.42. The second-order valence-electron chi connectivity index (χ2n) is 8.09. The van der Waals surface area contributed by atoms with Gasteiger partial charge in [-0.3, -0.25) is 9.59 Å². The Morgan fingerprint density at radius 2 is 1.23 bits per heavy atom. The van der Waals surface area contributed by atoms with Crippen LogP contribution in [-0.2, 0) is 14.3 Å². The summed E-state index contributed by atoms with van der Waals surface area (Å²) < 4.78 is 4.96. The van der Waals surface area contributed by atoms with Gasteiger partial charge in [-0.15, -0.1) is 0 Å². The number of hydrogen-bond acceptors (Lipinski definition) is 3. The molecule has 0 amide bonds. The molecule has 1 unspecified atom stereocenters. The zero-order valence-electron chi connectivity index (χ0n) is 18.2. The highest BCUT2D eigenvalue weighted by atomic mass is 16.5. The Morgan fingerprint density at radius 3 is 1.65 bits per heavy atom. The van der Waals surface area contributed by atoms with E-state index in [4.69, 9.17) is 9.84 Å². The van der Waals surface area contributed by atoms with Crippen LogP contribution in [0, 0.1) is 17.8 Å². The van der Waals surface area contributed by atoms with Gasteiger partial charge in [0.25, 0.3) is 0 Å². The molecule has 0 aliphatic carbocycles. The van der Waals surface area contributed by atoms with Gasteiger partial charge in [-0.25, -0.2) is 0 Å². The summed E-state index contributed by atoms with van der Waals surface area (Å²) >= 11 is 0. The molecule has 0 radical (unpaired) electrons. The molecule has 4 heteroatoms. The van der Waals surface area contributed by atoms with E-state index in [0.29, 0.717) is 13.0 Å². The van der Waals surface area contributed by atoms with Crippen molar-refractivity contribution in [3.05, 3.63) is 0 Å². The minimum atomic E-state index is -0.663. The summed E-state index contributed by atoms with van der Waals surface area (Å²) in [6.07, 6.45) is 10.8. The van der Waals surface area contributed by atoms with Gasteiger partial charge < -0.3 is 9.84 Å². The summed E-state index contributed by atoms with van der Waals surface area (Å²) in [7, 11) is 0. The first-order valence-corrected chi connectivity index (χ1v) is 10.6. The Labute approximate surface area is 162 Å². The van der Waals surface area contributed by atoms with Crippen molar-refractivity contribution >= 4 is 11.9 Å². The maximum atomic E-state index is 10.7. The zero-order chi connectivity index (χ0) is 20.4. The summed E-state index contributed by atoms with van der Waals surface area (Å²) in [5.74, 6) is 0.654. The first-order chi connectivity index (χ1) is 12.2. The lowest BCUT2D eigenvalue weighted by atomic mass is 10.0. The monoisotopic (exact) mass is 372 g/mol. The molecule has 0 aliphatic heterocycles. The van der Waals surface area contributed by atoms with Gasteiger partial charge >= 0.3 is 11.9 Å². The molecule has 0 saturated heterocycles. The standard InChI is InChI=1S/2C11H22O2/c1-9(2)7-5-4-6-8-10(3)11(12)13;1-4-11(12)13-9-7-5-6-8-10(2)3/h9-10H,4-8H2,1-3H3,(H,12,13);10H,4-9H2,1-3H3. The Balaban J connectivity index is 0. The first-order valence-electron chi connectivity index (χ1n) is 10.6. The number of carbonyl (C=O) groups is 2. The highest BCUT2D eigenvalue weighted by Gasteiger charge is 2.09. The van der Waals surface area contributed by atoms with Gasteiger partial charge in [0.2, 0.25) is 0 Å². The van der Waals surface area contributed by atoms with Crippen molar-refractivity contribution in [2.45, 2.75) is 106 Å². The number of ether oxygens (including phenoxy) is 1. The lowest BCUT2D eigenvalue weighted by Crippen LogP contribution is -2.08. The molecule has 0 aromatic heterocycles. The molecule has 0 spiro atoms. The van der Waals surface area contributed by atoms with Gasteiger partial charge in [-0.2, -0.15) is 0 Å². The smallest absolute Gasteiger partial charge is 0.306 e. The van der Waals surface area contributed by atoms with Crippen LogP contribution in [0.25, 0.3) is 0 Å². The van der Waals surface area contributed by atoms with Gasteiger partial charge in [0.05, 0.1) is 12.5 Å². The van der Waals surface area contributed by atoms with Gasteiger partial charge in [0.15, 0.2) is 0 Å². The maximum Gasteiger partial charge on any atom is 0.306 e. The van der Waals surface area contributed by atoms with Gasteiger partial charge in [0, 0.05) is 6.42 Å². The predicted octanol–water partition coefficient (Wildman–Crippen LogP) is 6.47. The number of carboxylic acids is 1. The van der Waals surface area contributed by atoms with E-state index in [2.05, 4.69) is 27.7 Å². The molecule has 156 valence electrons. The van der Waals surface area contributed by atoms with Crippen molar-refractivity contribution < 1.29 is 19.4 Å². The predicted molar refractivity (Wildman–Crippen MR) is 109 cm³/mol. The lowest BCUT2D eigenvalue weighted by molar-refractivity contribution is -0.143. The van der Waals surface area contributed by atoms with E-state index < -0.39 is 5.97 Å². The van der Waals surface area contributed by atoms with Crippen LogP contribution in [-0.4, -0.2) is 23.7 Å². The zero-order valence-corrected chi connectivity index (χ0v) is 18.2. The summed E-state index contributed by atoms with van der Waals surface area (Å²) in [6.45, 7) is 13.1. The molecule has 1 atom stereocenters. The van der Waals surface area contributed by atoms with Crippen LogP contribution in [0.15, 0.2) is 0 Å². The van der Waals surface area contributed by atoms with E-state index in [-0.39, 0.29) is 11.9 Å². The van der Waals surface area contributed by atoms with E-state index in [1.807, 2.05) is 6.92 Å². The Hall–Kier alpha value is -1.06. The molecular weight excluding hydrogens is 328 g/mol. The molecule has 0 fully saturated rings. The fourth-order valence-corrected chi connectivity index (χ4v) is 2.42. The molecular formula is C22H44O4. The van der Waals surface area contributed by atoms with Crippen LogP contribution < -0.4 is 0 Å². The molecule has 0 aromatic carbocycles. The molecule has 0 rings (SSSR count). The first kappa shape index (κ1) is 27.2. The Kier molecular flexibility index (Phi) is 19.6. The van der Waals surface area contributed by atoms with Gasteiger partial charge in [-0.1, -0.05) is 86.5 Å². The number of carbonyl (C=O) groups excluding carboxylic acids is 1. The van der Waals surface area contributed by atoms with Crippen LogP contribution in [0.5, 0.6) is 0 Å². The molecule has 0 aromatic rings. The van der Waals surface area contributed by atoms with E-state index in [9.17, 15) is 9.59 Å². The minimum absolute atomic E-state index is 0.0798. The molecule has 1 N–H and O–H groups in total. The summed E-state index contributed by atoms with van der Waals surface area (Å²) in [4.78, 5) is 21.2. The molecule has 0 heterocycles. The van der Waals surface area contributed by atoms with Crippen LogP contribution in [0.1, 0.15) is 106 Å². The van der Waals surface area contributed by atoms with Crippen molar-refractivity contribution in [3.63, 3.8) is 0 Å². The average molecular weight is 373 g/mol. The van der Waals surface area contributed by atoms with E-state index in [1.54, 1.807) is 6.92 Å². The van der Waals surface area contributed by atoms with E-state index in [0.717, 1.165) is 31.1 Å². The lowest BCUT2D eigenvalue weighted by Gasteiger charge is -2.06. The topological polar surface area (TPSA) is 63.6 Å². The third kappa shape index (κ3) is 22.9. The number of unbranched alkanes of at least 4 members (excludes halogenated alkanes) is 4. The van der Waals surface area contributed by atoms with Crippen molar-refractivity contribution in [2.24, 2.45) is 17.8 Å². The third-order valence-corrected chi connectivity index (χ3v) is 4.32. The summed E-state index contributed by atoms with van der Waals surface area (Å²) in [6, 6.07) is 0. The van der Waals surface area contributed by atoms with E-state index in [1.165, 1.54) is 38.5 Å². The molecule has 0 saturated carbocycles. The third-order valence-electron chi connectivity index (χ3n) is 4.32. The molecule has 26 heavy (non-hydrogen) atoms. The van der Waals surface area contributed by atoms with Crippen LogP contribution in [0.3, 0.4) is 0 Å². The van der Waals surface area contributed by atoms with Gasteiger partial charge in [0.1, 0.15) is 0 Å². The largest absolute Gasteiger partial charge is 0.481 e. The number of esters is 1. The van der Waals surface area contributed by atoms with Crippen molar-refractivity contribution in [1.29, 1.82) is 0 Å². The second kappa shape index (κ2) is 18.7. The van der Waals surface area contributed by atoms with Gasteiger partial charge in [-0.05, 0) is 24.7 Å². The second-order valence-corrected chi connectivity index (χ2v) is 8.09. The quantitative estimate of drug-likeness (QED) is 0.280. The Bertz CT molecular complexity index is 335.